The molecule has 5 heteroatoms. The molecule has 1 atom stereocenters. The highest BCUT2D eigenvalue weighted by Crippen LogP contribution is 2.24. The second-order valence-electron chi connectivity index (χ2n) is 4.24. The van der Waals surface area contributed by atoms with Gasteiger partial charge in [0.15, 0.2) is 0 Å². The molecule has 0 bridgehead atoms. The van der Waals surface area contributed by atoms with Gasteiger partial charge >= 0.3 is 0 Å². The van der Waals surface area contributed by atoms with Crippen molar-refractivity contribution in [3.8, 4) is 11.5 Å². The molecule has 1 amide bonds. The molecule has 0 spiro atoms. The van der Waals surface area contributed by atoms with E-state index in [2.05, 4.69) is 5.32 Å². The largest absolute Gasteiger partial charge is 0.497 e. The quantitative estimate of drug-likeness (QED) is 0.744. The average Bonchev–Trinajstić information content (AvgIpc) is 2.50. The fourth-order valence-electron chi connectivity index (χ4n) is 1.66. The smallest absolute Gasteiger partial charge is 0.244 e. The molecular formula is C15H21NO4. The van der Waals surface area contributed by atoms with Crippen LogP contribution < -0.4 is 14.8 Å². The molecule has 1 aromatic rings. The molecule has 20 heavy (non-hydrogen) atoms. The van der Waals surface area contributed by atoms with Crippen molar-refractivity contribution in [1.29, 1.82) is 0 Å². The molecule has 0 aliphatic heterocycles. The van der Waals surface area contributed by atoms with Crippen LogP contribution in [-0.4, -0.2) is 37.9 Å². The van der Waals surface area contributed by atoms with Gasteiger partial charge in [-0.2, -0.15) is 0 Å². The Morgan fingerprint density at radius 2 is 2.15 bits per heavy atom. The summed E-state index contributed by atoms with van der Waals surface area (Å²) in [6.45, 7) is 1.83. The topological polar surface area (TPSA) is 67.8 Å². The number of rotatable bonds is 7. The molecule has 0 saturated heterocycles. The van der Waals surface area contributed by atoms with Gasteiger partial charge < -0.3 is 19.9 Å². The summed E-state index contributed by atoms with van der Waals surface area (Å²) in [5, 5.41) is 11.7. The van der Waals surface area contributed by atoms with E-state index in [1.54, 1.807) is 38.5 Å². The Labute approximate surface area is 119 Å². The van der Waals surface area contributed by atoms with E-state index in [-0.39, 0.29) is 18.6 Å². The zero-order chi connectivity index (χ0) is 15.0. The Morgan fingerprint density at radius 3 is 2.70 bits per heavy atom. The van der Waals surface area contributed by atoms with E-state index in [1.165, 1.54) is 6.08 Å². The summed E-state index contributed by atoms with van der Waals surface area (Å²) >= 11 is 0. The molecule has 110 valence electrons. The van der Waals surface area contributed by atoms with Crippen LogP contribution in [0.25, 0.3) is 6.08 Å². The average molecular weight is 279 g/mol. The molecule has 0 aromatic heterocycles. The summed E-state index contributed by atoms with van der Waals surface area (Å²) in [5.41, 5.74) is 0.749. The van der Waals surface area contributed by atoms with Gasteiger partial charge in [-0.1, -0.05) is 6.92 Å². The van der Waals surface area contributed by atoms with Crippen LogP contribution in [0, 0.1) is 0 Å². The van der Waals surface area contributed by atoms with Crippen molar-refractivity contribution < 1.29 is 19.4 Å². The van der Waals surface area contributed by atoms with Gasteiger partial charge in [-0.15, -0.1) is 0 Å². The summed E-state index contributed by atoms with van der Waals surface area (Å²) in [5.74, 6) is 1.09. The number of aliphatic hydroxyl groups excluding tert-OH is 1. The highest BCUT2D eigenvalue weighted by molar-refractivity contribution is 5.92. The molecule has 0 saturated carbocycles. The van der Waals surface area contributed by atoms with E-state index in [0.29, 0.717) is 17.9 Å². The van der Waals surface area contributed by atoms with Crippen LogP contribution in [0.3, 0.4) is 0 Å². The molecule has 2 N–H and O–H groups in total. The number of hydrogen-bond acceptors (Lipinski definition) is 4. The third kappa shape index (κ3) is 4.59. The monoisotopic (exact) mass is 279 g/mol. The minimum atomic E-state index is -0.254. The second-order valence-corrected chi connectivity index (χ2v) is 4.24. The first-order valence-electron chi connectivity index (χ1n) is 6.46. The van der Waals surface area contributed by atoms with Crippen molar-refractivity contribution in [1.82, 2.24) is 5.32 Å². The van der Waals surface area contributed by atoms with E-state index < -0.39 is 0 Å². The van der Waals surface area contributed by atoms with Crippen molar-refractivity contribution in [3.63, 3.8) is 0 Å². The molecule has 0 aliphatic carbocycles. The lowest BCUT2D eigenvalue weighted by molar-refractivity contribution is -0.117. The molecule has 1 aromatic carbocycles. The van der Waals surface area contributed by atoms with Gasteiger partial charge in [0.25, 0.3) is 0 Å². The fraction of sp³-hybridized carbons (Fsp3) is 0.400. The third-order valence-corrected chi connectivity index (χ3v) is 2.91. The molecule has 1 rings (SSSR count). The van der Waals surface area contributed by atoms with Crippen molar-refractivity contribution in [2.24, 2.45) is 0 Å². The summed E-state index contributed by atoms with van der Waals surface area (Å²) in [6, 6.07) is 5.12. The number of ether oxygens (including phenoxy) is 2. The Hall–Kier alpha value is -2.01. The summed E-state index contributed by atoms with van der Waals surface area (Å²) in [4.78, 5) is 11.7. The van der Waals surface area contributed by atoms with E-state index >= 15 is 0 Å². The van der Waals surface area contributed by atoms with Crippen molar-refractivity contribution in [2.45, 2.75) is 19.4 Å². The lowest BCUT2D eigenvalue weighted by atomic mass is 10.1. The molecular weight excluding hydrogens is 258 g/mol. The van der Waals surface area contributed by atoms with Crippen LogP contribution in [0.5, 0.6) is 11.5 Å². The molecule has 0 heterocycles. The maximum absolute atomic E-state index is 11.7. The lowest BCUT2D eigenvalue weighted by Crippen LogP contribution is -2.35. The van der Waals surface area contributed by atoms with Gasteiger partial charge in [0.05, 0.1) is 26.9 Å². The number of methoxy groups -OCH3 is 2. The molecule has 0 unspecified atom stereocenters. The summed E-state index contributed by atoms with van der Waals surface area (Å²) in [6.07, 6.45) is 3.74. The van der Waals surface area contributed by atoms with E-state index in [1.807, 2.05) is 6.92 Å². The van der Waals surface area contributed by atoms with Gasteiger partial charge in [-0.05, 0) is 30.7 Å². The minimum Gasteiger partial charge on any atom is -0.497 e. The van der Waals surface area contributed by atoms with Crippen LogP contribution in [0.2, 0.25) is 0 Å². The zero-order valence-electron chi connectivity index (χ0n) is 12.1. The number of amides is 1. The van der Waals surface area contributed by atoms with Crippen LogP contribution in [0.4, 0.5) is 0 Å². The SMILES string of the molecule is CC[C@H](CO)NC(=O)/C=C/c1cc(OC)ccc1OC. The maximum atomic E-state index is 11.7. The van der Waals surface area contributed by atoms with Crippen molar-refractivity contribution in [2.75, 3.05) is 20.8 Å². The Bertz CT molecular complexity index is 467. The number of nitrogens with one attached hydrogen (secondary N) is 1. The molecule has 0 radical (unpaired) electrons. The van der Waals surface area contributed by atoms with Crippen LogP contribution >= 0.6 is 0 Å². The molecule has 0 aliphatic rings. The van der Waals surface area contributed by atoms with Crippen LogP contribution in [-0.2, 0) is 4.79 Å². The standard InChI is InChI=1S/C15H21NO4/c1-4-12(10-17)16-15(18)8-5-11-9-13(19-2)6-7-14(11)20-3/h5-9,12,17H,4,10H2,1-3H3,(H,16,18)/b8-5+/t12-/m1/s1. The Kier molecular flexibility index (Phi) is 6.59. The number of benzene rings is 1. The van der Waals surface area contributed by atoms with Gasteiger partial charge in [-0.3, -0.25) is 4.79 Å². The molecule has 0 fully saturated rings. The second kappa shape index (κ2) is 8.22. The Morgan fingerprint density at radius 1 is 1.40 bits per heavy atom. The predicted molar refractivity (Wildman–Crippen MR) is 77.9 cm³/mol. The predicted octanol–water partition coefficient (Wildman–Crippen LogP) is 1.60. The third-order valence-electron chi connectivity index (χ3n) is 2.91. The highest BCUT2D eigenvalue weighted by Gasteiger charge is 2.07. The number of hydrogen-bond donors (Lipinski definition) is 2. The summed E-state index contributed by atoms with van der Waals surface area (Å²) in [7, 11) is 3.15. The van der Waals surface area contributed by atoms with E-state index in [9.17, 15) is 4.79 Å². The number of carbonyl (C=O) groups excluding carboxylic acids is 1. The van der Waals surface area contributed by atoms with Crippen molar-refractivity contribution in [3.05, 3.63) is 29.8 Å². The van der Waals surface area contributed by atoms with Gasteiger partial charge in [0.2, 0.25) is 5.91 Å². The first kappa shape index (κ1) is 16.0. The van der Waals surface area contributed by atoms with Gasteiger partial charge in [0, 0.05) is 11.6 Å². The lowest BCUT2D eigenvalue weighted by Gasteiger charge is -2.12. The fourth-order valence-corrected chi connectivity index (χ4v) is 1.66. The zero-order valence-corrected chi connectivity index (χ0v) is 12.1. The minimum absolute atomic E-state index is 0.0709. The van der Waals surface area contributed by atoms with Gasteiger partial charge in [0.1, 0.15) is 11.5 Å². The van der Waals surface area contributed by atoms with E-state index in [4.69, 9.17) is 14.6 Å². The van der Waals surface area contributed by atoms with Crippen LogP contribution in [0.1, 0.15) is 18.9 Å². The normalized spacial score (nSPS) is 12.2. The van der Waals surface area contributed by atoms with Crippen molar-refractivity contribution >= 4 is 12.0 Å². The highest BCUT2D eigenvalue weighted by atomic mass is 16.5. The van der Waals surface area contributed by atoms with Crippen LogP contribution in [0.15, 0.2) is 24.3 Å². The number of aliphatic hydroxyl groups is 1. The molecule has 5 nitrogen and oxygen atoms in total. The first-order valence-corrected chi connectivity index (χ1v) is 6.46. The maximum Gasteiger partial charge on any atom is 0.244 e. The summed E-state index contributed by atoms with van der Waals surface area (Å²) < 4.78 is 10.4. The Balaban J connectivity index is 2.80. The van der Waals surface area contributed by atoms with Gasteiger partial charge in [-0.25, -0.2) is 0 Å². The number of carbonyl (C=O) groups is 1. The first-order chi connectivity index (χ1) is 9.64. The van der Waals surface area contributed by atoms with E-state index in [0.717, 1.165) is 5.56 Å².